The molecule has 0 aliphatic heterocycles. The lowest BCUT2D eigenvalue weighted by Gasteiger charge is -2.10. The Balaban J connectivity index is 1.75. The Morgan fingerprint density at radius 1 is 1.06 bits per heavy atom. The Morgan fingerprint density at radius 3 is 2.38 bits per heavy atom. The van der Waals surface area contributed by atoms with E-state index in [1.807, 2.05) is 54.1 Å². The highest BCUT2D eigenvalue weighted by atomic mass is 32.2. The van der Waals surface area contributed by atoms with Crippen molar-refractivity contribution in [2.75, 3.05) is 14.2 Å². The average molecular weight is 479 g/mol. The number of hydrogen-bond acceptors (Lipinski definition) is 6. The number of methoxy groups -OCH3 is 2. The van der Waals surface area contributed by atoms with Crippen molar-refractivity contribution >= 4 is 34.7 Å². The van der Waals surface area contributed by atoms with Crippen LogP contribution in [-0.2, 0) is 17.9 Å². The second-order valence-electron chi connectivity index (χ2n) is 7.46. The number of para-hydroxylation sites is 1. The van der Waals surface area contributed by atoms with E-state index in [-0.39, 0.29) is 4.91 Å². The fraction of sp³-hybridized carbons (Fsp3) is 0.240. The van der Waals surface area contributed by atoms with E-state index < -0.39 is 5.97 Å². The second-order valence-corrected chi connectivity index (χ2v) is 8.46. The molecule has 0 amide bonds. The van der Waals surface area contributed by atoms with Gasteiger partial charge >= 0.3 is 5.97 Å². The zero-order valence-corrected chi connectivity index (χ0v) is 20.3. The van der Waals surface area contributed by atoms with Crippen LogP contribution < -0.4 is 9.47 Å². The predicted molar refractivity (Wildman–Crippen MR) is 133 cm³/mol. The first kappa shape index (κ1) is 23.4. The van der Waals surface area contributed by atoms with Gasteiger partial charge in [0.2, 0.25) is 0 Å². The van der Waals surface area contributed by atoms with Crippen LogP contribution in [0.2, 0.25) is 0 Å². The number of carbonyl (C=O) groups is 1. The van der Waals surface area contributed by atoms with Crippen molar-refractivity contribution < 1.29 is 19.4 Å². The minimum Gasteiger partial charge on any atom is -0.497 e. The summed E-state index contributed by atoms with van der Waals surface area (Å²) in [5.41, 5.74) is 2.68. The first-order valence-electron chi connectivity index (χ1n) is 10.9. The standard InChI is InChI=1S/C25H26N4O4S/c1-5-28-15-17(20-9-7-8-10-21(20)28)13-22(24(30)31)34-25-27-26-23(29(25)6-2)16-11-18(32-3)14-19(12-16)33-4/h7-15H,5-6H2,1-4H3,(H,30,31)/b22-13-. The topological polar surface area (TPSA) is 91.4 Å². The largest absolute Gasteiger partial charge is 0.497 e. The molecule has 0 aliphatic carbocycles. The van der Waals surface area contributed by atoms with Crippen molar-refractivity contribution in [2.45, 2.75) is 32.1 Å². The van der Waals surface area contributed by atoms with Crippen LogP contribution in [-0.4, -0.2) is 44.6 Å². The second kappa shape index (κ2) is 10.0. The molecule has 4 rings (SSSR count). The normalized spacial score (nSPS) is 11.7. The van der Waals surface area contributed by atoms with Gasteiger partial charge in [-0.1, -0.05) is 18.2 Å². The number of carboxylic acids is 1. The summed E-state index contributed by atoms with van der Waals surface area (Å²) in [6.07, 6.45) is 3.68. The number of aliphatic carboxylic acids is 1. The molecule has 4 aromatic rings. The van der Waals surface area contributed by atoms with Gasteiger partial charge in [-0.3, -0.25) is 0 Å². The van der Waals surface area contributed by atoms with Gasteiger partial charge in [0.25, 0.3) is 0 Å². The number of ether oxygens (including phenoxy) is 2. The van der Waals surface area contributed by atoms with Gasteiger partial charge in [0.05, 0.1) is 14.2 Å². The quantitative estimate of drug-likeness (QED) is 0.262. The highest BCUT2D eigenvalue weighted by Gasteiger charge is 2.20. The van der Waals surface area contributed by atoms with Gasteiger partial charge in [0.15, 0.2) is 11.0 Å². The summed E-state index contributed by atoms with van der Waals surface area (Å²) in [6.45, 7) is 5.38. The van der Waals surface area contributed by atoms with Gasteiger partial charge in [-0.25, -0.2) is 4.79 Å². The summed E-state index contributed by atoms with van der Waals surface area (Å²) in [4.78, 5) is 12.3. The Labute approximate surface area is 201 Å². The van der Waals surface area contributed by atoms with Gasteiger partial charge in [0.1, 0.15) is 16.4 Å². The van der Waals surface area contributed by atoms with E-state index in [9.17, 15) is 9.90 Å². The maximum Gasteiger partial charge on any atom is 0.342 e. The highest BCUT2D eigenvalue weighted by molar-refractivity contribution is 8.04. The fourth-order valence-electron chi connectivity index (χ4n) is 3.83. The van der Waals surface area contributed by atoms with Gasteiger partial charge < -0.3 is 23.7 Å². The van der Waals surface area contributed by atoms with E-state index in [1.165, 1.54) is 0 Å². The van der Waals surface area contributed by atoms with Crippen LogP contribution in [0, 0.1) is 0 Å². The van der Waals surface area contributed by atoms with Crippen LogP contribution in [0.3, 0.4) is 0 Å². The maximum absolute atomic E-state index is 12.2. The molecule has 2 aromatic carbocycles. The van der Waals surface area contributed by atoms with Crippen LogP contribution in [0.1, 0.15) is 19.4 Å². The third-order valence-corrected chi connectivity index (χ3v) is 6.50. The molecule has 34 heavy (non-hydrogen) atoms. The molecule has 2 aromatic heterocycles. The summed E-state index contributed by atoms with van der Waals surface area (Å²) in [5, 5.41) is 20.1. The number of thioether (sulfide) groups is 1. The SMILES string of the molecule is CCn1c(S/C(=C\c2cn(CC)c3ccccc23)C(=O)O)nnc1-c1cc(OC)cc(OC)c1. The molecule has 0 unspecified atom stereocenters. The number of rotatable bonds is 9. The molecule has 0 bridgehead atoms. The van der Waals surface area contributed by atoms with Gasteiger partial charge in [-0.15, -0.1) is 10.2 Å². The molecule has 8 nitrogen and oxygen atoms in total. The van der Waals surface area contributed by atoms with Gasteiger partial charge in [0, 0.05) is 47.4 Å². The highest BCUT2D eigenvalue weighted by Crippen LogP contribution is 2.34. The Morgan fingerprint density at radius 2 is 1.76 bits per heavy atom. The van der Waals surface area contributed by atoms with Gasteiger partial charge in [-0.05, 0) is 49.9 Å². The Bertz CT molecular complexity index is 1350. The number of carboxylic acid groups (broad SMARTS) is 1. The lowest BCUT2D eigenvalue weighted by atomic mass is 10.1. The molecular weight excluding hydrogens is 452 g/mol. The number of hydrogen-bond donors (Lipinski definition) is 1. The number of benzene rings is 2. The van der Waals surface area contributed by atoms with Crippen molar-refractivity contribution in [1.29, 1.82) is 0 Å². The smallest absolute Gasteiger partial charge is 0.342 e. The molecule has 0 spiro atoms. The summed E-state index contributed by atoms with van der Waals surface area (Å²) in [6, 6.07) is 13.4. The van der Waals surface area contributed by atoms with Crippen molar-refractivity contribution in [2.24, 2.45) is 0 Å². The zero-order chi connectivity index (χ0) is 24.2. The van der Waals surface area contributed by atoms with E-state index in [0.717, 1.165) is 40.3 Å². The lowest BCUT2D eigenvalue weighted by molar-refractivity contribution is -0.131. The molecule has 0 aliphatic rings. The van der Waals surface area contributed by atoms with Crippen LogP contribution in [0.4, 0.5) is 0 Å². The molecule has 9 heteroatoms. The van der Waals surface area contributed by atoms with E-state index >= 15 is 0 Å². The first-order chi connectivity index (χ1) is 16.5. The van der Waals surface area contributed by atoms with E-state index in [4.69, 9.17) is 9.47 Å². The molecule has 0 atom stereocenters. The Kier molecular flexibility index (Phi) is 6.93. The lowest BCUT2D eigenvalue weighted by Crippen LogP contribution is -2.03. The fourth-order valence-corrected chi connectivity index (χ4v) is 4.70. The van der Waals surface area contributed by atoms with Crippen molar-refractivity contribution in [3.8, 4) is 22.9 Å². The molecule has 176 valence electrons. The van der Waals surface area contributed by atoms with Gasteiger partial charge in [-0.2, -0.15) is 0 Å². The van der Waals surface area contributed by atoms with Crippen LogP contribution in [0.15, 0.2) is 58.7 Å². The average Bonchev–Trinajstić information content (AvgIpc) is 3.44. The molecule has 0 saturated heterocycles. The molecule has 1 N–H and O–H groups in total. The minimum atomic E-state index is -1.02. The zero-order valence-electron chi connectivity index (χ0n) is 19.5. The van der Waals surface area contributed by atoms with Crippen molar-refractivity contribution in [3.05, 3.63) is 59.1 Å². The molecule has 0 radical (unpaired) electrons. The number of aryl methyl sites for hydroxylation is 1. The first-order valence-corrected chi connectivity index (χ1v) is 11.7. The molecule has 0 fully saturated rings. The number of fused-ring (bicyclic) bond motifs is 1. The number of nitrogens with zero attached hydrogens (tertiary/aromatic N) is 4. The molecular formula is C25H26N4O4S. The monoisotopic (exact) mass is 478 g/mol. The van der Waals surface area contributed by atoms with E-state index in [0.29, 0.717) is 29.0 Å². The number of aromatic nitrogens is 4. The van der Waals surface area contributed by atoms with E-state index in [1.54, 1.807) is 26.4 Å². The summed E-state index contributed by atoms with van der Waals surface area (Å²) < 4.78 is 14.7. The van der Waals surface area contributed by atoms with Crippen LogP contribution in [0.5, 0.6) is 11.5 Å². The summed E-state index contributed by atoms with van der Waals surface area (Å²) in [5.74, 6) is 0.850. The maximum atomic E-state index is 12.2. The predicted octanol–water partition coefficient (Wildman–Crippen LogP) is 5.17. The molecule has 0 saturated carbocycles. The minimum absolute atomic E-state index is 0.163. The third kappa shape index (κ3) is 4.51. The van der Waals surface area contributed by atoms with Crippen LogP contribution >= 0.6 is 11.8 Å². The van der Waals surface area contributed by atoms with Crippen molar-refractivity contribution in [1.82, 2.24) is 19.3 Å². The summed E-state index contributed by atoms with van der Waals surface area (Å²) in [7, 11) is 3.17. The summed E-state index contributed by atoms with van der Waals surface area (Å²) >= 11 is 1.08. The van der Waals surface area contributed by atoms with E-state index in [2.05, 4.69) is 21.7 Å². The van der Waals surface area contributed by atoms with Crippen LogP contribution in [0.25, 0.3) is 28.4 Å². The van der Waals surface area contributed by atoms with Crippen molar-refractivity contribution in [3.63, 3.8) is 0 Å². The molecule has 2 heterocycles. The Hall–Kier alpha value is -3.72. The third-order valence-electron chi connectivity index (χ3n) is 5.50.